The molecule has 0 radical (unpaired) electrons. The van der Waals surface area contributed by atoms with Crippen molar-refractivity contribution in [3.63, 3.8) is 0 Å². The van der Waals surface area contributed by atoms with Gasteiger partial charge in [-0.2, -0.15) is 0 Å². The van der Waals surface area contributed by atoms with Crippen LogP contribution in [0.5, 0.6) is 0 Å². The van der Waals surface area contributed by atoms with E-state index in [-0.39, 0.29) is 17.6 Å². The zero-order chi connectivity index (χ0) is 17.4. The summed E-state index contributed by atoms with van der Waals surface area (Å²) in [5.74, 6) is -0.181. The monoisotopic (exact) mass is 332 g/mol. The first-order valence-electron chi connectivity index (χ1n) is 7.98. The summed E-state index contributed by atoms with van der Waals surface area (Å²) in [7, 11) is 0. The summed E-state index contributed by atoms with van der Waals surface area (Å²) in [5.41, 5.74) is 3.34. The van der Waals surface area contributed by atoms with Crippen LogP contribution in [0.2, 0.25) is 0 Å². The highest BCUT2D eigenvalue weighted by Gasteiger charge is 2.15. The topological polar surface area (TPSA) is 90.6 Å². The molecule has 4 rings (SSSR count). The highest BCUT2D eigenvalue weighted by molar-refractivity contribution is 6.05. The molecule has 0 aliphatic heterocycles. The zero-order valence-electron chi connectivity index (χ0n) is 13.5. The molecule has 0 spiro atoms. The van der Waals surface area contributed by atoms with E-state index in [2.05, 4.69) is 20.3 Å². The Labute approximate surface area is 142 Å². The normalized spacial score (nSPS) is 12.4. The number of rotatable bonds is 3. The molecule has 2 aromatic heterocycles. The van der Waals surface area contributed by atoms with Crippen molar-refractivity contribution in [2.24, 2.45) is 0 Å². The quantitative estimate of drug-likeness (QED) is 0.539. The predicted molar refractivity (Wildman–Crippen MR) is 96.5 cm³/mol. The van der Waals surface area contributed by atoms with E-state index in [9.17, 15) is 9.59 Å². The Morgan fingerprint density at radius 3 is 2.76 bits per heavy atom. The van der Waals surface area contributed by atoms with Crippen molar-refractivity contribution in [3.05, 3.63) is 76.3 Å². The summed E-state index contributed by atoms with van der Waals surface area (Å²) in [5, 5.41) is 3.92. The van der Waals surface area contributed by atoms with Crippen LogP contribution in [0.4, 0.5) is 0 Å². The van der Waals surface area contributed by atoms with Gasteiger partial charge in [0.1, 0.15) is 0 Å². The van der Waals surface area contributed by atoms with Gasteiger partial charge in [0.15, 0.2) is 0 Å². The van der Waals surface area contributed by atoms with E-state index in [1.54, 1.807) is 12.3 Å². The third kappa shape index (κ3) is 2.78. The maximum Gasteiger partial charge on any atom is 0.323 e. The lowest BCUT2D eigenvalue weighted by atomic mass is 10.1. The first kappa shape index (κ1) is 15.1. The molecule has 1 atom stereocenters. The third-order valence-corrected chi connectivity index (χ3v) is 4.26. The number of H-pyrrole nitrogens is 2. The molecule has 0 bridgehead atoms. The van der Waals surface area contributed by atoms with E-state index in [4.69, 9.17) is 0 Å². The van der Waals surface area contributed by atoms with Gasteiger partial charge in [-0.05, 0) is 36.8 Å². The second kappa shape index (κ2) is 5.90. The molecule has 0 unspecified atom stereocenters. The number of pyridine rings is 1. The molecule has 6 nitrogen and oxygen atoms in total. The van der Waals surface area contributed by atoms with Crippen molar-refractivity contribution in [1.82, 2.24) is 20.3 Å². The fourth-order valence-electron chi connectivity index (χ4n) is 2.96. The number of amides is 1. The molecule has 0 saturated carbocycles. The van der Waals surface area contributed by atoms with Crippen molar-refractivity contribution < 1.29 is 4.79 Å². The molecule has 4 aromatic rings. The number of aromatic nitrogens is 3. The van der Waals surface area contributed by atoms with Gasteiger partial charge in [-0.3, -0.25) is 9.78 Å². The molecule has 2 aromatic carbocycles. The molecule has 0 aliphatic rings. The second-order valence-corrected chi connectivity index (χ2v) is 5.96. The highest BCUT2D eigenvalue weighted by atomic mass is 16.2. The smallest absolute Gasteiger partial charge is 0.323 e. The fraction of sp³-hybridized carbons (Fsp3) is 0.105. The molecule has 1 amide bonds. The maximum absolute atomic E-state index is 12.7. The number of fused-ring (bicyclic) bond motifs is 2. The van der Waals surface area contributed by atoms with Crippen molar-refractivity contribution in [2.45, 2.75) is 13.0 Å². The SMILES string of the molecule is C[C@@H](NC(=O)c1cccc2cccnc12)c1ccc2[nH]c(=O)[nH]c2c1. The van der Waals surface area contributed by atoms with E-state index in [0.29, 0.717) is 11.1 Å². The Kier molecular flexibility index (Phi) is 3.57. The van der Waals surface area contributed by atoms with Crippen molar-refractivity contribution in [2.75, 3.05) is 0 Å². The van der Waals surface area contributed by atoms with E-state index in [0.717, 1.165) is 22.0 Å². The minimum Gasteiger partial charge on any atom is -0.345 e. The Hall–Kier alpha value is -3.41. The Bertz CT molecular complexity index is 1140. The van der Waals surface area contributed by atoms with Crippen LogP contribution < -0.4 is 11.0 Å². The lowest BCUT2D eigenvalue weighted by molar-refractivity contribution is 0.0941. The van der Waals surface area contributed by atoms with Crippen LogP contribution in [-0.2, 0) is 0 Å². The number of nitrogens with one attached hydrogen (secondary N) is 3. The van der Waals surface area contributed by atoms with Crippen LogP contribution in [0.1, 0.15) is 28.9 Å². The first-order chi connectivity index (χ1) is 12.1. The highest BCUT2D eigenvalue weighted by Crippen LogP contribution is 2.20. The van der Waals surface area contributed by atoms with Gasteiger partial charge in [-0.25, -0.2) is 4.79 Å². The average molecular weight is 332 g/mol. The number of aromatic amines is 2. The Balaban J connectivity index is 1.63. The van der Waals surface area contributed by atoms with Gasteiger partial charge in [-0.1, -0.05) is 24.3 Å². The number of hydrogen-bond donors (Lipinski definition) is 3. The molecule has 6 heteroatoms. The van der Waals surface area contributed by atoms with Gasteiger partial charge >= 0.3 is 5.69 Å². The predicted octanol–water partition coefficient (Wildman–Crippen LogP) is 2.90. The standard InChI is InChI=1S/C19H16N4O2/c1-11(13-7-8-15-16(10-13)23-19(25)22-15)21-18(24)14-6-2-4-12-5-3-9-20-17(12)14/h2-11H,1H3,(H,21,24)(H2,22,23,25)/t11-/m1/s1. The van der Waals surface area contributed by atoms with Crippen LogP contribution >= 0.6 is 0 Å². The lowest BCUT2D eigenvalue weighted by Crippen LogP contribution is -2.27. The first-order valence-corrected chi connectivity index (χ1v) is 7.98. The minimum absolute atomic E-state index is 0.181. The summed E-state index contributed by atoms with van der Waals surface area (Å²) < 4.78 is 0. The lowest BCUT2D eigenvalue weighted by Gasteiger charge is -2.15. The summed E-state index contributed by atoms with van der Waals surface area (Å²) in [6.07, 6.45) is 1.68. The van der Waals surface area contributed by atoms with Gasteiger partial charge in [0, 0.05) is 11.6 Å². The van der Waals surface area contributed by atoms with Gasteiger partial charge in [0.25, 0.3) is 5.91 Å². The Morgan fingerprint density at radius 2 is 1.88 bits per heavy atom. The summed E-state index contributed by atoms with van der Waals surface area (Å²) >= 11 is 0. The number of carbonyl (C=O) groups is 1. The zero-order valence-corrected chi connectivity index (χ0v) is 13.5. The van der Waals surface area contributed by atoms with E-state index in [1.807, 2.05) is 49.4 Å². The summed E-state index contributed by atoms with van der Waals surface area (Å²) in [4.78, 5) is 33.8. The van der Waals surface area contributed by atoms with E-state index < -0.39 is 0 Å². The molecule has 0 fully saturated rings. The van der Waals surface area contributed by atoms with Gasteiger partial charge in [-0.15, -0.1) is 0 Å². The van der Waals surface area contributed by atoms with Crippen LogP contribution in [-0.4, -0.2) is 20.9 Å². The van der Waals surface area contributed by atoms with E-state index >= 15 is 0 Å². The van der Waals surface area contributed by atoms with Crippen molar-refractivity contribution in [1.29, 1.82) is 0 Å². The second-order valence-electron chi connectivity index (χ2n) is 5.96. The van der Waals surface area contributed by atoms with Crippen LogP contribution in [0, 0.1) is 0 Å². The molecular formula is C19H16N4O2. The summed E-state index contributed by atoms with van der Waals surface area (Å²) in [6.45, 7) is 1.91. The van der Waals surface area contributed by atoms with Crippen molar-refractivity contribution in [3.8, 4) is 0 Å². The van der Waals surface area contributed by atoms with Crippen molar-refractivity contribution >= 4 is 27.8 Å². The number of benzene rings is 2. The largest absolute Gasteiger partial charge is 0.345 e. The number of hydrogen-bond acceptors (Lipinski definition) is 3. The third-order valence-electron chi connectivity index (χ3n) is 4.26. The minimum atomic E-state index is -0.245. The number of para-hydroxylation sites is 1. The van der Waals surface area contributed by atoms with Gasteiger partial charge in [0.05, 0.1) is 28.2 Å². The number of imidazole rings is 1. The molecule has 25 heavy (non-hydrogen) atoms. The number of nitrogens with zero attached hydrogens (tertiary/aromatic N) is 1. The molecule has 124 valence electrons. The molecule has 0 aliphatic carbocycles. The van der Waals surface area contributed by atoms with Crippen LogP contribution in [0.25, 0.3) is 21.9 Å². The van der Waals surface area contributed by atoms with Crippen LogP contribution in [0.3, 0.4) is 0 Å². The molecule has 2 heterocycles. The van der Waals surface area contributed by atoms with Gasteiger partial charge in [0.2, 0.25) is 0 Å². The fourth-order valence-corrected chi connectivity index (χ4v) is 2.96. The molecule has 0 saturated heterocycles. The number of carbonyl (C=O) groups excluding carboxylic acids is 1. The van der Waals surface area contributed by atoms with E-state index in [1.165, 1.54) is 0 Å². The maximum atomic E-state index is 12.7. The van der Waals surface area contributed by atoms with Crippen LogP contribution in [0.15, 0.2) is 59.5 Å². The van der Waals surface area contributed by atoms with Gasteiger partial charge < -0.3 is 15.3 Å². The Morgan fingerprint density at radius 1 is 1.08 bits per heavy atom. The molecular weight excluding hydrogens is 316 g/mol. The molecule has 3 N–H and O–H groups in total. The summed E-state index contributed by atoms with van der Waals surface area (Å²) in [6, 6.07) is 14.7. The average Bonchev–Trinajstić information content (AvgIpc) is 3.00.